The molecule has 0 heterocycles. The summed E-state index contributed by atoms with van der Waals surface area (Å²) < 4.78 is 26.7. The smallest absolute Gasteiger partial charge is 0.328 e. The lowest BCUT2D eigenvalue weighted by atomic mass is 10.1. The quantitative estimate of drug-likeness (QED) is 0.372. The minimum atomic E-state index is -3.96. The average molecular weight is 512 g/mol. The third-order valence-corrected chi connectivity index (χ3v) is 6.67. The van der Waals surface area contributed by atoms with Gasteiger partial charge in [-0.15, -0.1) is 0 Å². The molecule has 0 aliphatic carbocycles. The number of rotatable bonds is 7. The summed E-state index contributed by atoms with van der Waals surface area (Å²) in [5, 5.41) is 16.9. The van der Waals surface area contributed by atoms with Gasteiger partial charge in [-0.2, -0.15) is 5.26 Å². The van der Waals surface area contributed by atoms with Crippen molar-refractivity contribution >= 4 is 45.1 Å². The number of anilines is 2. The molecular formula is C24H22ClN5O4S. The van der Waals surface area contributed by atoms with Crippen molar-refractivity contribution in [2.24, 2.45) is 0 Å². The van der Waals surface area contributed by atoms with E-state index in [-0.39, 0.29) is 16.5 Å². The highest BCUT2D eigenvalue weighted by Crippen LogP contribution is 2.23. The Bertz CT molecular complexity index is 1390. The normalized spacial score (nSPS) is 10.7. The van der Waals surface area contributed by atoms with Gasteiger partial charge in [-0.1, -0.05) is 41.9 Å². The number of benzene rings is 3. The minimum absolute atomic E-state index is 0.0451. The molecule has 11 heteroatoms. The van der Waals surface area contributed by atoms with Crippen LogP contribution in [0, 0.1) is 18.3 Å². The van der Waals surface area contributed by atoms with Crippen LogP contribution in [-0.2, 0) is 16.4 Å². The second-order valence-corrected chi connectivity index (χ2v) is 9.52. The summed E-state index contributed by atoms with van der Waals surface area (Å²) in [7, 11) is -3.96. The molecule has 0 saturated carbocycles. The van der Waals surface area contributed by atoms with E-state index in [1.807, 2.05) is 10.8 Å². The van der Waals surface area contributed by atoms with E-state index < -0.39 is 22.1 Å². The SMILES string of the molecule is Cc1ccccc1S(=O)(=O)NC(=O)NCCc1ccc(NC(=O)Nc2ccc(C#N)cc2Cl)cc1. The van der Waals surface area contributed by atoms with Crippen LogP contribution in [0.5, 0.6) is 0 Å². The Hall–Kier alpha value is -4.07. The molecule has 0 radical (unpaired) electrons. The molecule has 4 N–H and O–H groups in total. The molecule has 180 valence electrons. The predicted octanol–water partition coefficient (Wildman–Crippen LogP) is 4.39. The van der Waals surface area contributed by atoms with Gasteiger partial charge in [0.1, 0.15) is 0 Å². The van der Waals surface area contributed by atoms with E-state index in [2.05, 4.69) is 16.0 Å². The monoisotopic (exact) mass is 511 g/mol. The first-order chi connectivity index (χ1) is 16.7. The van der Waals surface area contributed by atoms with Crippen LogP contribution in [0.4, 0.5) is 21.0 Å². The molecule has 0 bridgehead atoms. The van der Waals surface area contributed by atoms with Gasteiger partial charge in [0.15, 0.2) is 0 Å². The number of carbonyl (C=O) groups is 2. The second-order valence-electron chi connectivity index (χ2n) is 7.46. The van der Waals surface area contributed by atoms with Gasteiger partial charge < -0.3 is 16.0 Å². The first kappa shape index (κ1) is 25.6. The van der Waals surface area contributed by atoms with Crippen LogP contribution >= 0.6 is 11.6 Å². The fourth-order valence-corrected chi connectivity index (χ4v) is 4.52. The predicted molar refractivity (Wildman–Crippen MR) is 134 cm³/mol. The Morgan fingerprint density at radius 2 is 1.69 bits per heavy atom. The highest BCUT2D eigenvalue weighted by molar-refractivity contribution is 7.90. The number of sulfonamides is 1. The van der Waals surface area contributed by atoms with Gasteiger partial charge in [0.05, 0.1) is 27.2 Å². The number of nitrogens with one attached hydrogen (secondary N) is 4. The maximum atomic E-state index is 12.4. The van der Waals surface area contributed by atoms with E-state index in [0.717, 1.165) is 5.56 Å². The Morgan fingerprint density at radius 1 is 0.971 bits per heavy atom. The van der Waals surface area contributed by atoms with E-state index in [1.165, 1.54) is 12.1 Å². The minimum Gasteiger partial charge on any atom is -0.337 e. The Morgan fingerprint density at radius 3 is 2.34 bits per heavy atom. The lowest BCUT2D eigenvalue weighted by Gasteiger charge is -2.11. The Balaban J connectivity index is 1.46. The molecule has 0 spiro atoms. The summed E-state index contributed by atoms with van der Waals surface area (Å²) >= 11 is 6.06. The summed E-state index contributed by atoms with van der Waals surface area (Å²) in [4.78, 5) is 24.3. The van der Waals surface area contributed by atoms with Crippen LogP contribution < -0.4 is 20.7 Å². The zero-order valence-electron chi connectivity index (χ0n) is 18.6. The van der Waals surface area contributed by atoms with Crippen molar-refractivity contribution < 1.29 is 18.0 Å². The second kappa shape index (κ2) is 11.4. The molecule has 35 heavy (non-hydrogen) atoms. The first-order valence-corrected chi connectivity index (χ1v) is 12.3. The van der Waals surface area contributed by atoms with Crippen LogP contribution in [0.1, 0.15) is 16.7 Å². The van der Waals surface area contributed by atoms with Crippen LogP contribution in [-0.4, -0.2) is 27.0 Å². The zero-order chi connectivity index (χ0) is 25.4. The van der Waals surface area contributed by atoms with Gasteiger partial charge in [0, 0.05) is 12.2 Å². The number of hydrogen-bond donors (Lipinski definition) is 4. The van der Waals surface area contributed by atoms with Gasteiger partial charge >= 0.3 is 12.1 Å². The fourth-order valence-electron chi connectivity index (χ4n) is 3.12. The van der Waals surface area contributed by atoms with Crippen molar-refractivity contribution in [2.75, 3.05) is 17.2 Å². The highest BCUT2D eigenvalue weighted by Gasteiger charge is 2.19. The summed E-state index contributed by atoms with van der Waals surface area (Å²) in [6, 6.07) is 18.5. The van der Waals surface area contributed by atoms with Gasteiger partial charge in [-0.25, -0.2) is 22.7 Å². The van der Waals surface area contributed by atoms with Crippen LogP contribution in [0.3, 0.4) is 0 Å². The molecule has 0 saturated heterocycles. The summed E-state index contributed by atoms with van der Waals surface area (Å²) in [6.45, 7) is 1.86. The van der Waals surface area contributed by atoms with Gasteiger partial charge in [-0.3, -0.25) is 0 Å². The van der Waals surface area contributed by atoms with Crippen LogP contribution in [0.2, 0.25) is 5.02 Å². The van der Waals surface area contributed by atoms with Crippen molar-refractivity contribution in [1.82, 2.24) is 10.0 Å². The molecule has 0 aliphatic rings. The number of nitriles is 1. The van der Waals surface area contributed by atoms with E-state index >= 15 is 0 Å². The highest BCUT2D eigenvalue weighted by atomic mass is 35.5. The molecule has 0 aromatic heterocycles. The molecule has 4 amide bonds. The largest absolute Gasteiger partial charge is 0.337 e. The first-order valence-electron chi connectivity index (χ1n) is 10.4. The third-order valence-electron chi connectivity index (χ3n) is 4.87. The molecule has 0 atom stereocenters. The van der Waals surface area contributed by atoms with Crippen molar-refractivity contribution in [2.45, 2.75) is 18.2 Å². The number of urea groups is 2. The van der Waals surface area contributed by atoms with E-state index in [0.29, 0.717) is 28.9 Å². The molecule has 0 unspecified atom stereocenters. The van der Waals surface area contributed by atoms with E-state index in [9.17, 15) is 18.0 Å². The van der Waals surface area contributed by atoms with Crippen molar-refractivity contribution in [3.8, 4) is 6.07 Å². The molecule has 9 nitrogen and oxygen atoms in total. The summed E-state index contributed by atoms with van der Waals surface area (Å²) in [5.41, 5.74) is 2.69. The zero-order valence-corrected chi connectivity index (χ0v) is 20.2. The van der Waals surface area contributed by atoms with E-state index in [1.54, 1.807) is 61.5 Å². The van der Waals surface area contributed by atoms with Crippen LogP contribution in [0.25, 0.3) is 0 Å². The van der Waals surface area contributed by atoms with E-state index in [4.69, 9.17) is 16.9 Å². The fraction of sp³-hybridized carbons (Fsp3) is 0.125. The van der Waals surface area contributed by atoms with Crippen molar-refractivity contribution in [1.29, 1.82) is 5.26 Å². The number of nitrogens with zero attached hydrogens (tertiary/aromatic N) is 1. The lowest BCUT2D eigenvalue weighted by molar-refractivity contribution is 0.246. The van der Waals surface area contributed by atoms with Crippen LogP contribution in [0.15, 0.2) is 71.6 Å². The molecular weight excluding hydrogens is 490 g/mol. The van der Waals surface area contributed by atoms with Gasteiger partial charge in [-0.05, 0) is 60.9 Å². The number of hydrogen-bond acceptors (Lipinski definition) is 5. The number of halogens is 1. The summed E-state index contributed by atoms with van der Waals surface area (Å²) in [5.74, 6) is 0. The van der Waals surface area contributed by atoms with Crippen molar-refractivity contribution in [3.63, 3.8) is 0 Å². The number of aryl methyl sites for hydroxylation is 1. The molecule has 3 rings (SSSR count). The molecule has 0 aliphatic heterocycles. The van der Waals surface area contributed by atoms with Gasteiger partial charge in [0.25, 0.3) is 10.0 Å². The standard InChI is InChI=1S/C24H22ClN5O4S/c1-16-4-2-3-5-22(16)35(33,34)30-23(31)27-13-12-17-6-9-19(10-7-17)28-24(32)29-21-11-8-18(15-26)14-20(21)25/h2-11,14H,12-13H2,1H3,(H2,27,30,31)(H2,28,29,32). The van der Waals surface area contributed by atoms with Gasteiger partial charge in [0.2, 0.25) is 0 Å². The number of amides is 4. The summed E-state index contributed by atoms with van der Waals surface area (Å²) in [6.07, 6.45) is 0.450. The average Bonchev–Trinajstić information content (AvgIpc) is 2.81. The Kier molecular flexibility index (Phi) is 8.30. The maximum absolute atomic E-state index is 12.4. The third kappa shape index (κ3) is 7.20. The molecule has 3 aromatic rings. The maximum Gasteiger partial charge on any atom is 0.328 e. The van der Waals surface area contributed by atoms with Crippen molar-refractivity contribution in [3.05, 3.63) is 88.4 Å². The molecule has 0 fully saturated rings. The molecule has 3 aromatic carbocycles. The number of carbonyl (C=O) groups excluding carboxylic acids is 2. The topological polar surface area (TPSA) is 140 Å². The Labute approximate surface area is 208 Å². The lowest BCUT2D eigenvalue weighted by Crippen LogP contribution is -2.40.